The summed E-state index contributed by atoms with van der Waals surface area (Å²) in [5, 5.41) is 9.61. The van der Waals surface area contributed by atoms with Crippen molar-refractivity contribution in [2.24, 2.45) is 5.92 Å². The van der Waals surface area contributed by atoms with Crippen molar-refractivity contribution < 1.29 is 9.90 Å². The van der Waals surface area contributed by atoms with Gasteiger partial charge in [-0.15, -0.1) is 0 Å². The fourth-order valence-corrected chi connectivity index (χ4v) is 2.53. The highest BCUT2D eigenvalue weighted by molar-refractivity contribution is 7.99. The number of aromatic nitrogens is 2. The lowest BCUT2D eigenvalue weighted by molar-refractivity contribution is -0.133. The van der Waals surface area contributed by atoms with Crippen molar-refractivity contribution in [2.75, 3.05) is 5.75 Å². The van der Waals surface area contributed by atoms with Crippen LogP contribution in [-0.2, 0) is 16.8 Å². The van der Waals surface area contributed by atoms with Crippen molar-refractivity contribution in [3.8, 4) is 0 Å². The molecule has 1 rings (SSSR count). The van der Waals surface area contributed by atoms with Crippen LogP contribution in [-0.4, -0.2) is 26.4 Å². The van der Waals surface area contributed by atoms with Crippen LogP contribution >= 0.6 is 11.8 Å². The van der Waals surface area contributed by atoms with Crippen molar-refractivity contribution in [3.05, 3.63) is 11.9 Å². The largest absolute Gasteiger partial charge is 0.481 e. The van der Waals surface area contributed by atoms with Crippen molar-refractivity contribution in [1.29, 1.82) is 0 Å². The van der Waals surface area contributed by atoms with E-state index in [4.69, 9.17) is 5.11 Å². The highest BCUT2D eigenvalue weighted by atomic mass is 32.2. The molecule has 0 fully saturated rings. The minimum absolute atomic E-state index is 0.0199. The molecule has 1 aromatic heterocycles. The van der Waals surface area contributed by atoms with Gasteiger partial charge in [-0.25, -0.2) is 4.98 Å². The van der Waals surface area contributed by atoms with E-state index in [1.165, 1.54) is 17.5 Å². The minimum Gasteiger partial charge on any atom is -0.481 e. The number of rotatable bonds is 6. The summed E-state index contributed by atoms with van der Waals surface area (Å²) < 4.78 is 2.17. The monoisotopic (exact) mass is 284 g/mol. The molecule has 5 heteroatoms. The summed E-state index contributed by atoms with van der Waals surface area (Å²) in [6.07, 6.45) is 2.95. The van der Waals surface area contributed by atoms with Gasteiger partial charge in [-0.1, -0.05) is 46.4 Å². The van der Waals surface area contributed by atoms with Gasteiger partial charge in [-0.2, -0.15) is 0 Å². The Morgan fingerprint density at radius 3 is 2.58 bits per heavy atom. The fraction of sp³-hybridized carbons (Fsp3) is 0.714. The maximum Gasteiger partial charge on any atom is 0.313 e. The Hall–Kier alpha value is -0.970. The molecule has 0 aliphatic heterocycles. The summed E-state index contributed by atoms with van der Waals surface area (Å²) in [6, 6.07) is 0. The highest BCUT2D eigenvalue weighted by Gasteiger charge is 2.22. The van der Waals surface area contributed by atoms with Crippen LogP contribution < -0.4 is 0 Å². The fourth-order valence-electron chi connectivity index (χ4n) is 1.80. The molecule has 0 bridgehead atoms. The van der Waals surface area contributed by atoms with E-state index in [2.05, 4.69) is 44.2 Å². The maximum atomic E-state index is 10.7. The molecule has 1 N–H and O–H groups in total. The van der Waals surface area contributed by atoms with Crippen LogP contribution in [0.3, 0.4) is 0 Å². The molecule has 1 aromatic rings. The normalized spacial score (nSPS) is 12.1. The number of hydrogen-bond donors (Lipinski definition) is 1. The van der Waals surface area contributed by atoms with E-state index >= 15 is 0 Å². The second-order valence-corrected chi connectivity index (χ2v) is 7.14. The van der Waals surface area contributed by atoms with Gasteiger partial charge in [0.05, 0.1) is 5.75 Å². The van der Waals surface area contributed by atoms with Crippen molar-refractivity contribution in [2.45, 2.75) is 58.2 Å². The molecule has 4 nitrogen and oxygen atoms in total. The van der Waals surface area contributed by atoms with Gasteiger partial charge in [-0.3, -0.25) is 4.79 Å². The minimum atomic E-state index is -0.805. The zero-order valence-electron chi connectivity index (χ0n) is 12.4. The third-order valence-corrected chi connectivity index (χ3v) is 3.82. The Labute approximate surface area is 119 Å². The van der Waals surface area contributed by atoms with Gasteiger partial charge < -0.3 is 9.67 Å². The molecule has 0 amide bonds. The number of carboxylic acid groups (broad SMARTS) is 1. The van der Waals surface area contributed by atoms with Gasteiger partial charge in [-0.05, 0) is 12.3 Å². The van der Waals surface area contributed by atoms with E-state index in [1.54, 1.807) is 0 Å². The zero-order chi connectivity index (χ0) is 14.6. The molecule has 0 aliphatic rings. The van der Waals surface area contributed by atoms with E-state index in [1.807, 2.05) is 6.20 Å². The average Bonchev–Trinajstić information content (AvgIpc) is 2.65. The summed E-state index contributed by atoms with van der Waals surface area (Å²) in [5.74, 6) is -0.129. The van der Waals surface area contributed by atoms with Gasteiger partial charge in [0.2, 0.25) is 0 Å². The molecule has 1 heterocycles. The third-order valence-electron chi connectivity index (χ3n) is 2.84. The first-order chi connectivity index (χ1) is 8.71. The third kappa shape index (κ3) is 4.90. The molecule has 0 spiro atoms. The SMILES string of the molecule is CC(C)CCn1c(C(C)(C)C)cnc1SCC(=O)O. The van der Waals surface area contributed by atoms with E-state index in [0.29, 0.717) is 5.92 Å². The molecule has 0 atom stereocenters. The number of imidazole rings is 1. The molecule has 0 aliphatic carbocycles. The number of thioether (sulfide) groups is 1. The second-order valence-electron chi connectivity index (χ2n) is 6.19. The lowest BCUT2D eigenvalue weighted by Gasteiger charge is -2.22. The molecule has 0 saturated carbocycles. The summed E-state index contributed by atoms with van der Waals surface area (Å²) in [6.45, 7) is 11.7. The van der Waals surface area contributed by atoms with Crippen molar-refractivity contribution >= 4 is 17.7 Å². The average molecular weight is 284 g/mol. The Kier molecular flexibility index (Phi) is 5.47. The smallest absolute Gasteiger partial charge is 0.313 e. The number of carboxylic acids is 1. The van der Waals surface area contributed by atoms with Crippen molar-refractivity contribution in [1.82, 2.24) is 9.55 Å². The topological polar surface area (TPSA) is 55.1 Å². The number of hydrogen-bond acceptors (Lipinski definition) is 3. The van der Waals surface area contributed by atoms with Crippen LogP contribution in [0.2, 0.25) is 0 Å². The van der Waals surface area contributed by atoms with Gasteiger partial charge in [0.1, 0.15) is 0 Å². The Morgan fingerprint density at radius 1 is 1.47 bits per heavy atom. The molecule has 19 heavy (non-hydrogen) atoms. The summed E-state index contributed by atoms with van der Waals surface area (Å²) >= 11 is 1.30. The standard InChI is InChI=1S/C14H24N2O2S/c1-10(2)6-7-16-11(14(3,4)5)8-15-13(16)19-9-12(17)18/h8,10H,6-7,9H2,1-5H3,(H,17,18). The summed E-state index contributed by atoms with van der Waals surface area (Å²) in [4.78, 5) is 15.1. The molecular weight excluding hydrogens is 260 g/mol. The number of carbonyl (C=O) groups is 1. The van der Waals surface area contributed by atoms with Crippen LogP contribution in [0.25, 0.3) is 0 Å². The van der Waals surface area contributed by atoms with E-state index in [0.717, 1.165) is 18.1 Å². The van der Waals surface area contributed by atoms with E-state index < -0.39 is 5.97 Å². The first kappa shape index (κ1) is 16.1. The van der Waals surface area contributed by atoms with E-state index in [9.17, 15) is 4.79 Å². The first-order valence-corrected chi connectivity index (χ1v) is 7.61. The van der Waals surface area contributed by atoms with Crippen LogP contribution in [0.5, 0.6) is 0 Å². The van der Waals surface area contributed by atoms with Crippen LogP contribution in [0.4, 0.5) is 0 Å². The lowest BCUT2D eigenvalue weighted by atomic mass is 9.92. The second kappa shape index (κ2) is 6.46. The quantitative estimate of drug-likeness (QED) is 0.813. The first-order valence-electron chi connectivity index (χ1n) is 6.62. The van der Waals surface area contributed by atoms with Crippen LogP contribution in [0, 0.1) is 5.92 Å². The van der Waals surface area contributed by atoms with Gasteiger partial charge in [0.15, 0.2) is 5.16 Å². The molecular formula is C14H24N2O2S. The Bertz CT molecular complexity index is 433. The predicted octanol–water partition coefficient (Wildman–Crippen LogP) is 3.40. The van der Waals surface area contributed by atoms with Crippen molar-refractivity contribution in [3.63, 3.8) is 0 Å². The Morgan fingerprint density at radius 2 is 2.11 bits per heavy atom. The summed E-state index contributed by atoms with van der Waals surface area (Å²) in [5.41, 5.74) is 1.19. The number of aliphatic carboxylic acids is 1. The van der Waals surface area contributed by atoms with Crippen LogP contribution in [0.1, 0.15) is 46.7 Å². The van der Waals surface area contributed by atoms with Gasteiger partial charge in [0.25, 0.3) is 0 Å². The lowest BCUT2D eigenvalue weighted by Crippen LogP contribution is -2.19. The van der Waals surface area contributed by atoms with E-state index in [-0.39, 0.29) is 11.2 Å². The zero-order valence-corrected chi connectivity index (χ0v) is 13.3. The molecule has 0 unspecified atom stereocenters. The summed E-state index contributed by atoms with van der Waals surface area (Å²) in [7, 11) is 0. The number of nitrogens with zero attached hydrogens (tertiary/aromatic N) is 2. The van der Waals surface area contributed by atoms with Gasteiger partial charge >= 0.3 is 5.97 Å². The maximum absolute atomic E-state index is 10.7. The highest BCUT2D eigenvalue weighted by Crippen LogP contribution is 2.28. The Balaban J connectivity index is 2.96. The van der Waals surface area contributed by atoms with Crippen LogP contribution in [0.15, 0.2) is 11.4 Å². The molecule has 0 radical (unpaired) electrons. The molecule has 0 saturated heterocycles. The molecule has 108 valence electrons. The van der Waals surface area contributed by atoms with Gasteiger partial charge in [0, 0.05) is 23.9 Å². The molecule has 0 aromatic carbocycles. The predicted molar refractivity (Wildman–Crippen MR) is 78.7 cm³/mol.